The minimum Gasteiger partial charge on any atom is -0.345 e. The lowest BCUT2D eigenvalue weighted by Gasteiger charge is -2.33. The average molecular weight is 299 g/mol. The van der Waals surface area contributed by atoms with Crippen LogP contribution in [0, 0.1) is 5.92 Å². The first-order chi connectivity index (χ1) is 8.92. The number of carbonyl (C=O) groups is 1. The molecule has 0 aliphatic heterocycles. The smallest absolute Gasteiger partial charge is 0.251 e. The fourth-order valence-electron chi connectivity index (χ4n) is 1.87. The highest BCUT2D eigenvalue weighted by atomic mass is 35.5. The molecule has 1 atom stereocenters. The molecule has 0 heterocycles. The van der Waals surface area contributed by atoms with Gasteiger partial charge in [0, 0.05) is 12.1 Å². The molecule has 0 aromatic heterocycles. The van der Waals surface area contributed by atoms with Crippen LogP contribution in [0.3, 0.4) is 0 Å². The molecule has 3 N–H and O–H groups in total. The van der Waals surface area contributed by atoms with Crippen LogP contribution >= 0.6 is 12.4 Å². The molecule has 114 valence electrons. The first-order valence-electron chi connectivity index (χ1n) is 7.04. The Balaban J connectivity index is 0.00000361. The highest BCUT2D eigenvalue weighted by Gasteiger charge is 2.28. The van der Waals surface area contributed by atoms with Crippen molar-refractivity contribution in [1.82, 2.24) is 5.32 Å². The van der Waals surface area contributed by atoms with Gasteiger partial charge in [0.25, 0.3) is 5.91 Å². The molecule has 0 aliphatic rings. The van der Waals surface area contributed by atoms with E-state index in [4.69, 9.17) is 5.73 Å². The zero-order valence-electron chi connectivity index (χ0n) is 12.9. The van der Waals surface area contributed by atoms with Gasteiger partial charge in [-0.25, -0.2) is 0 Å². The molecule has 3 nitrogen and oxygen atoms in total. The molecule has 0 radical (unpaired) electrons. The van der Waals surface area contributed by atoms with Crippen molar-refractivity contribution in [3.63, 3.8) is 0 Å². The van der Waals surface area contributed by atoms with Gasteiger partial charge in [0.05, 0.1) is 5.54 Å². The summed E-state index contributed by atoms with van der Waals surface area (Å²) >= 11 is 0. The molecule has 0 saturated carbocycles. The number of aryl methyl sites for hydroxylation is 1. The van der Waals surface area contributed by atoms with Crippen molar-refractivity contribution in [1.29, 1.82) is 0 Å². The van der Waals surface area contributed by atoms with E-state index in [0.29, 0.717) is 18.0 Å². The number of benzene rings is 1. The largest absolute Gasteiger partial charge is 0.345 e. The first-order valence-corrected chi connectivity index (χ1v) is 7.04. The van der Waals surface area contributed by atoms with E-state index in [9.17, 15) is 4.79 Å². The SMILES string of the molecule is CCCc1ccc(C(=O)NC(C)(CN)C(C)C)cc1.Cl. The number of amides is 1. The summed E-state index contributed by atoms with van der Waals surface area (Å²) in [5, 5.41) is 3.05. The maximum atomic E-state index is 12.2. The van der Waals surface area contributed by atoms with Gasteiger partial charge in [0.1, 0.15) is 0 Å². The molecule has 0 aliphatic carbocycles. The van der Waals surface area contributed by atoms with Gasteiger partial charge in [0.15, 0.2) is 0 Å². The summed E-state index contributed by atoms with van der Waals surface area (Å²) in [6.45, 7) is 8.70. The number of nitrogens with two attached hydrogens (primary N) is 1. The Morgan fingerprint density at radius 1 is 1.30 bits per heavy atom. The van der Waals surface area contributed by atoms with E-state index >= 15 is 0 Å². The van der Waals surface area contributed by atoms with Crippen molar-refractivity contribution in [3.8, 4) is 0 Å². The molecule has 1 aromatic carbocycles. The van der Waals surface area contributed by atoms with Crippen LogP contribution < -0.4 is 11.1 Å². The number of hydrogen-bond donors (Lipinski definition) is 2. The third-order valence-electron chi connectivity index (χ3n) is 3.85. The van der Waals surface area contributed by atoms with E-state index in [1.165, 1.54) is 5.56 Å². The minimum atomic E-state index is -0.362. The van der Waals surface area contributed by atoms with Gasteiger partial charge in [-0.15, -0.1) is 12.4 Å². The van der Waals surface area contributed by atoms with Gasteiger partial charge in [-0.1, -0.05) is 39.3 Å². The highest BCUT2D eigenvalue weighted by molar-refractivity contribution is 5.94. The molecule has 1 unspecified atom stereocenters. The summed E-state index contributed by atoms with van der Waals surface area (Å²) in [5.41, 5.74) is 7.38. The monoisotopic (exact) mass is 298 g/mol. The van der Waals surface area contributed by atoms with E-state index in [-0.39, 0.29) is 23.9 Å². The second kappa shape index (κ2) is 8.28. The number of hydrogen-bond acceptors (Lipinski definition) is 2. The lowest BCUT2D eigenvalue weighted by Crippen LogP contribution is -2.55. The molecule has 0 saturated heterocycles. The van der Waals surface area contributed by atoms with Crippen molar-refractivity contribution in [2.75, 3.05) is 6.54 Å². The zero-order valence-corrected chi connectivity index (χ0v) is 13.7. The fourth-order valence-corrected chi connectivity index (χ4v) is 1.87. The number of carbonyl (C=O) groups excluding carboxylic acids is 1. The van der Waals surface area contributed by atoms with Crippen LogP contribution in [-0.4, -0.2) is 18.0 Å². The Morgan fingerprint density at radius 2 is 1.85 bits per heavy atom. The third kappa shape index (κ3) is 4.80. The average Bonchev–Trinajstić information content (AvgIpc) is 2.39. The number of halogens is 1. The summed E-state index contributed by atoms with van der Waals surface area (Å²) in [4.78, 5) is 12.2. The third-order valence-corrected chi connectivity index (χ3v) is 3.85. The lowest BCUT2D eigenvalue weighted by molar-refractivity contribution is 0.0883. The molecule has 0 fully saturated rings. The summed E-state index contributed by atoms with van der Waals surface area (Å²) in [7, 11) is 0. The minimum absolute atomic E-state index is 0. The summed E-state index contributed by atoms with van der Waals surface area (Å²) in [5.74, 6) is 0.241. The van der Waals surface area contributed by atoms with E-state index in [1.807, 2.05) is 31.2 Å². The van der Waals surface area contributed by atoms with Crippen molar-refractivity contribution in [2.24, 2.45) is 11.7 Å². The Labute approximate surface area is 128 Å². The van der Waals surface area contributed by atoms with Gasteiger partial charge in [-0.3, -0.25) is 4.79 Å². The van der Waals surface area contributed by atoms with E-state index in [1.54, 1.807) is 0 Å². The topological polar surface area (TPSA) is 55.1 Å². The normalized spacial score (nSPS) is 13.5. The molecule has 1 amide bonds. The zero-order chi connectivity index (χ0) is 14.5. The van der Waals surface area contributed by atoms with Gasteiger partial charge in [0.2, 0.25) is 0 Å². The molecular formula is C16H27ClN2O. The molecule has 1 aromatic rings. The predicted octanol–water partition coefficient (Wildman–Crippen LogP) is 3.16. The van der Waals surface area contributed by atoms with Crippen LogP contribution in [0.15, 0.2) is 24.3 Å². The van der Waals surface area contributed by atoms with Crippen LogP contribution in [0.4, 0.5) is 0 Å². The van der Waals surface area contributed by atoms with Gasteiger partial charge >= 0.3 is 0 Å². The molecule has 0 spiro atoms. The predicted molar refractivity (Wildman–Crippen MR) is 87.4 cm³/mol. The van der Waals surface area contributed by atoms with Crippen LogP contribution in [0.25, 0.3) is 0 Å². The highest BCUT2D eigenvalue weighted by Crippen LogP contribution is 2.16. The van der Waals surface area contributed by atoms with Gasteiger partial charge in [-0.2, -0.15) is 0 Å². The number of rotatable bonds is 6. The van der Waals surface area contributed by atoms with Crippen molar-refractivity contribution < 1.29 is 4.79 Å². The van der Waals surface area contributed by atoms with Crippen molar-refractivity contribution in [2.45, 2.75) is 46.1 Å². The maximum absolute atomic E-state index is 12.2. The second-order valence-corrected chi connectivity index (χ2v) is 5.68. The van der Waals surface area contributed by atoms with Gasteiger partial charge < -0.3 is 11.1 Å². The Kier molecular flexibility index (Phi) is 7.84. The number of nitrogens with one attached hydrogen (secondary N) is 1. The van der Waals surface area contributed by atoms with Gasteiger partial charge in [-0.05, 0) is 37.0 Å². The molecular weight excluding hydrogens is 272 g/mol. The summed E-state index contributed by atoms with van der Waals surface area (Å²) in [6.07, 6.45) is 2.17. The lowest BCUT2D eigenvalue weighted by atomic mass is 9.88. The second-order valence-electron chi connectivity index (χ2n) is 5.68. The molecule has 4 heteroatoms. The van der Waals surface area contributed by atoms with Crippen LogP contribution in [0.5, 0.6) is 0 Å². The van der Waals surface area contributed by atoms with E-state index in [0.717, 1.165) is 12.8 Å². The van der Waals surface area contributed by atoms with E-state index < -0.39 is 0 Å². The van der Waals surface area contributed by atoms with Crippen LogP contribution in [0.1, 0.15) is 50.0 Å². The van der Waals surface area contributed by atoms with E-state index in [2.05, 4.69) is 26.1 Å². The molecule has 1 rings (SSSR count). The van der Waals surface area contributed by atoms with Crippen molar-refractivity contribution in [3.05, 3.63) is 35.4 Å². The first kappa shape index (κ1) is 18.9. The maximum Gasteiger partial charge on any atom is 0.251 e. The molecule has 20 heavy (non-hydrogen) atoms. The Bertz CT molecular complexity index is 417. The Hall–Kier alpha value is -1.06. The summed E-state index contributed by atoms with van der Waals surface area (Å²) in [6, 6.07) is 7.82. The van der Waals surface area contributed by atoms with Crippen LogP contribution in [0.2, 0.25) is 0 Å². The Morgan fingerprint density at radius 3 is 2.25 bits per heavy atom. The summed E-state index contributed by atoms with van der Waals surface area (Å²) < 4.78 is 0. The van der Waals surface area contributed by atoms with Crippen molar-refractivity contribution >= 4 is 18.3 Å². The molecule has 0 bridgehead atoms. The van der Waals surface area contributed by atoms with Crippen LogP contribution in [-0.2, 0) is 6.42 Å². The fraction of sp³-hybridized carbons (Fsp3) is 0.562. The quantitative estimate of drug-likeness (QED) is 0.847. The standard InChI is InChI=1S/C16H26N2O.ClH/c1-5-6-13-7-9-14(10-8-13)15(19)18-16(4,11-17)12(2)3;/h7-10,12H,5-6,11,17H2,1-4H3,(H,18,19);1H.